The normalized spacial score (nSPS) is 10.6. The highest BCUT2D eigenvalue weighted by Gasteiger charge is 2.08. The number of ether oxygens (including phenoxy) is 1. The number of rotatable bonds is 7. The minimum Gasteiger partial charge on any atom is -0.439 e. The largest absolute Gasteiger partial charge is 0.439 e. The molecule has 0 aliphatic heterocycles. The number of aryl methyl sites for hydroxylation is 1. The van der Waals surface area contributed by atoms with Gasteiger partial charge in [-0.05, 0) is 44.5 Å². The first-order valence-electron chi connectivity index (χ1n) is 8.97. The topological polar surface area (TPSA) is 81.9 Å². The summed E-state index contributed by atoms with van der Waals surface area (Å²) in [5.74, 6) is 1.78. The number of carbonyl (C=O) groups is 1. The van der Waals surface area contributed by atoms with E-state index >= 15 is 0 Å². The Morgan fingerprint density at radius 3 is 2.59 bits per heavy atom. The van der Waals surface area contributed by atoms with Crippen LogP contribution in [0.5, 0.6) is 11.6 Å². The molecule has 0 radical (unpaired) electrons. The Bertz CT molecular complexity index is 918. The average molecular weight is 365 g/mol. The zero-order chi connectivity index (χ0) is 19.2. The third kappa shape index (κ3) is 4.69. The number of hydrogen-bond donors (Lipinski definition) is 1. The second kappa shape index (κ2) is 8.44. The summed E-state index contributed by atoms with van der Waals surface area (Å²) in [6, 6.07) is 8.97. The van der Waals surface area contributed by atoms with Crippen LogP contribution < -0.4 is 10.1 Å². The summed E-state index contributed by atoms with van der Waals surface area (Å²) in [6.45, 7) is 6.00. The lowest BCUT2D eigenvalue weighted by molar-refractivity contribution is -0.116. The van der Waals surface area contributed by atoms with Gasteiger partial charge < -0.3 is 10.1 Å². The van der Waals surface area contributed by atoms with E-state index in [1.807, 2.05) is 30.5 Å². The fraction of sp³-hybridized carbons (Fsp3) is 0.300. The maximum atomic E-state index is 11.8. The predicted molar refractivity (Wildman–Crippen MR) is 103 cm³/mol. The Hall–Kier alpha value is -3.22. The molecule has 0 spiro atoms. The fourth-order valence-electron chi connectivity index (χ4n) is 2.53. The number of benzene rings is 1. The van der Waals surface area contributed by atoms with Crippen molar-refractivity contribution < 1.29 is 9.53 Å². The molecule has 0 atom stereocenters. The molecule has 1 N–H and O–H groups in total. The quantitative estimate of drug-likeness (QED) is 0.678. The number of unbranched alkanes of at least 4 members (excludes halogenated alkanes) is 1. The molecule has 0 saturated heterocycles. The van der Waals surface area contributed by atoms with Crippen molar-refractivity contribution in [2.24, 2.45) is 0 Å². The number of anilines is 1. The van der Waals surface area contributed by atoms with Crippen LogP contribution in [0.3, 0.4) is 0 Å². The summed E-state index contributed by atoms with van der Waals surface area (Å²) in [4.78, 5) is 24.5. The summed E-state index contributed by atoms with van der Waals surface area (Å²) >= 11 is 0. The van der Waals surface area contributed by atoms with Crippen LogP contribution in [0.2, 0.25) is 0 Å². The van der Waals surface area contributed by atoms with Crippen molar-refractivity contribution in [3.05, 3.63) is 54.4 Å². The van der Waals surface area contributed by atoms with Crippen LogP contribution in [-0.2, 0) is 4.79 Å². The number of nitrogens with one attached hydrogen (secondary N) is 1. The molecule has 0 unspecified atom stereocenters. The van der Waals surface area contributed by atoms with Gasteiger partial charge in [-0.1, -0.05) is 13.3 Å². The highest BCUT2D eigenvalue weighted by Crippen LogP contribution is 2.23. The molecule has 0 aliphatic rings. The van der Waals surface area contributed by atoms with Gasteiger partial charge in [0.15, 0.2) is 0 Å². The first-order chi connectivity index (χ1) is 13.1. The van der Waals surface area contributed by atoms with Crippen LogP contribution in [-0.4, -0.2) is 25.4 Å². The summed E-state index contributed by atoms with van der Waals surface area (Å²) in [5.41, 5.74) is 2.71. The highest BCUT2D eigenvalue weighted by molar-refractivity contribution is 5.90. The van der Waals surface area contributed by atoms with Gasteiger partial charge in [0.25, 0.3) is 0 Å². The number of carbonyl (C=O) groups excluding carboxylic acids is 1. The van der Waals surface area contributed by atoms with E-state index in [0.29, 0.717) is 23.9 Å². The lowest BCUT2D eigenvalue weighted by atomic mass is 10.2. The van der Waals surface area contributed by atoms with Crippen LogP contribution in [0, 0.1) is 13.8 Å². The lowest BCUT2D eigenvalue weighted by Gasteiger charge is -2.09. The van der Waals surface area contributed by atoms with Gasteiger partial charge in [-0.25, -0.2) is 15.0 Å². The van der Waals surface area contributed by atoms with Crippen LogP contribution in [0.1, 0.15) is 37.6 Å². The average Bonchev–Trinajstić information content (AvgIpc) is 3.01. The van der Waals surface area contributed by atoms with E-state index in [-0.39, 0.29) is 5.91 Å². The van der Waals surface area contributed by atoms with E-state index in [4.69, 9.17) is 4.74 Å². The standard InChI is InChI=1S/C20H23N5O2/c1-4-5-6-19(26)24-16-7-9-17(10-8-16)27-20-11-18(21-12-22-20)25-13-23-14(2)15(25)3/h7-13H,4-6H2,1-3H3,(H,24,26). The SMILES string of the molecule is CCCCC(=O)Nc1ccc(Oc2cc(-n3cnc(C)c3C)ncn2)cc1. The third-order valence-corrected chi connectivity index (χ3v) is 4.24. The van der Waals surface area contributed by atoms with Crippen molar-refractivity contribution in [1.82, 2.24) is 19.5 Å². The Labute approximate surface area is 158 Å². The molecule has 7 nitrogen and oxygen atoms in total. The van der Waals surface area contributed by atoms with Gasteiger partial charge in [0.2, 0.25) is 11.8 Å². The minimum absolute atomic E-state index is 0.0250. The molecular weight excluding hydrogens is 342 g/mol. The number of aromatic nitrogens is 4. The van der Waals surface area contributed by atoms with Gasteiger partial charge in [0, 0.05) is 23.9 Å². The van der Waals surface area contributed by atoms with Gasteiger partial charge in [-0.2, -0.15) is 0 Å². The predicted octanol–water partition coefficient (Wildman–Crippen LogP) is 4.20. The third-order valence-electron chi connectivity index (χ3n) is 4.24. The summed E-state index contributed by atoms with van der Waals surface area (Å²) in [5, 5.41) is 2.88. The molecule has 0 saturated carbocycles. The first-order valence-corrected chi connectivity index (χ1v) is 8.97. The summed E-state index contributed by atoms with van der Waals surface area (Å²) in [6.07, 6.45) is 5.61. The smallest absolute Gasteiger partial charge is 0.224 e. The zero-order valence-electron chi connectivity index (χ0n) is 15.8. The molecule has 140 valence electrons. The van der Waals surface area contributed by atoms with E-state index in [9.17, 15) is 4.79 Å². The Kier molecular flexibility index (Phi) is 5.80. The molecule has 0 bridgehead atoms. The van der Waals surface area contributed by atoms with Gasteiger partial charge in [-0.3, -0.25) is 9.36 Å². The molecule has 1 aromatic carbocycles. The van der Waals surface area contributed by atoms with E-state index in [0.717, 1.165) is 29.9 Å². The maximum Gasteiger partial charge on any atom is 0.224 e. The maximum absolute atomic E-state index is 11.8. The van der Waals surface area contributed by atoms with Crippen molar-refractivity contribution in [3.63, 3.8) is 0 Å². The van der Waals surface area contributed by atoms with Crippen molar-refractivity contribution in [2.75, 3.05) is 5.32 Å². The van der Waals surface area contributed by atoms with Gasteiger partial charge >= 0.3 is 0 Å². The van der Waals surface area contributed by atoms with Crippen LogP contribution >= 0.6 is 0 Å². The van der Waals surface area contributed by atoms with Crippen LogP contribution in [0.25, 0.3) is 5.82 Å². The molecular formula is C20H23N5O2. The number of imidazole rings is 1. The van der Waals surface area contributed by atoms with E-state index in [2.05, 4.69) is 27.2 Å². The molecule has 2 aromatic heterocycles. The number of amides is 1. The van der Waals surface area contributed by atoms with Gasteiger partial charge in [-0.15, -0.1) is 0 Å². The Morgan fingerprint density at radius 1 is 1.15 bits per heavy atom. The second-order valence-electron chi connectivity index (χ2n) is 6.28. The molecule has 3 aromatic rings. The summed E-state index contributed by atoms with van der Waals surface area (Å²) in [7, 11) is 0. The molecule has 27 heavy (non-hydrogen) atoms. The lowest BCUT2D eigenvalue weighted by Crippen LogP contribution is -2.10. The monoisotopic (exact) mass is 365 g/mol. The molecule has 7 heteroatoms. The van der Waals surface area contributed by atoms with Gasteiger partial charge in [0.1, 0.15) is 24.2 Å². The van der Waals surface area contributed by atoms with Crippen molar-refractivity contribution in [3.8, 4) is 17.4 Å². The first kappa shape index (κ1) is 18.6. The molecule has 0 fully saturated rings. The Morgan fingerprint density at radius 2 is 1.93 bits per heavy atom. The fourth-order valence-corrected chi connectivity index (χ4v) is 2.53. The number of nitrogens with zero attached hydrogens (tertiary/aromatic N) is 4. The van der Waals surface area contributed by atoms with Crippen molar-refractivity contribution in [2.45, 2.75) is 40.0 Å². The zero-order valence-corrected chi connectivity index (χ0v) is 15.8. The number of hydrogen-bond acceptors (Lipinski definition) is 5. The van der Waals surface area contributed by atoms with Crippen molar-refractivity contribution in [1.29, 1.82) is 0 Å². The molecule has 1 amide bonds. The van der Waals surface area contributed by atoms with Gasteiger partial charge in [0.05, 0.1) is 5.69 Å². The van der Waals surface area contributed by atoms with E-state index in [1.165, 1.54) is 6.33 Å². The molecule has 0 aliphatic carbocycles. The second-order valence-corrected chi connectivity index (χ2v) is 6.28. The van der Waals surface area contributed by atoms with Crippen LogP contribution in [0.15, 0.2) is 43.0 Å². The van der Waals surface area contributed by atoms with Crippen molar-refractivity contribution >= 4 is 11.6 Å². The summed E-state index contributed by atoms with van der Waals surface area (Å²) < 4.78 is 7.70. The molecule has 2 heterocycles. The van der Waals surface area contributed by atoms with E-state index in [1.54, 1.807) is 24.5 Å². The minimum atomic E-state index is 0.0250. The molecule has 3 rings (SSSR count). The highest BCUT2D eigenvalue weighted by atomic mass is 16.5. The Balaban J connectivity index is 1.68. The van der Waals surface area contributed by atoms with Crippen LogP contribution in [0.4, 0.5) is 5.69 Å². The van der Waals surface area contributed by atoms with E-state index < -0.39 is 0 Å².